The van der Waals surface area contributed by atoms with Crippen molar-refractivity contribution in [3.05, 3.63) is 68.5 Å². The van der Waals surface area contributed by atoms with Gasteiger partial charge in [0.15, 0.2) is 5.16 Å². The van der Waals surface area contributed by atoms with Crippen LogP contribution in [0.2, 0.25) is 0 Å². The first kappa shape index (κ1) is 22.5. The highest BCUT2D eigenvalue weighted by Gasteiger charge is 2.18. The maximum absolute atomic E-state index is 13.0. The summed E-state index contributed by atoms with van der Waals surface area (Å²) in [5.74, 6) is -0.0336. The molecule has 0 aliphatic heterocycles. The molecule has 9 heteroatoms. The van der Waals surface area contributed by atoms with Gasteiger partial charge in [0.05, 0.1) is 21.6 Å². The van der Waals surface area contributed by atoms with Crippen molar-refractivity contribution in [3.8, 4) is 0 Å². The second kappa shape index (κ2) is 9.74. The molecule has 1 amide bonds. The van der Waals surface area contributed by atoms with E-state index in [2.05, 4.69) is 24.1 Å². The first-order valence-corrected chi connectivity index (χ1v) is 10.9. The summed E-state index contributed by atoms with van der Waals surface area (Å²) in [6.07, 6.45) is 0.801. The van der Waals surface area contributed by atoms with Crippen LogP contribution in [0.4, 0.5) is 11.4 Å². The number of hydrogen-bond donors (Lipinski definition) is 1. The number of nitro groups is 1. The monoisotopic (exact) mass is 440 g/mol. The van der Waals surface area contributed by atoms with E-state index in [4.69, 9.17) is 0 Å². The van der Waals surface area contributed by atoms with Gasteiger partial charge < -0.3 is 5.32 Å². The number of thioether (sulfide) groups is 1. The van der Waals surface area contributed by atoms with Crippen LogP contribution >= 0.6 is 11.8 Å². The van der Waals surface area contributed by atoms with Gasteiger partial charge in [-0.2, -0.15) is 0 Å². The molecule has 3 rings (SSSR count). The molecule has 1 heterocycles. The summed E-state index contributed by atoms with van der Waals surface area (Å²) in [5.41, 5.74) is 1.16. The molecule has 8 nitrogen and oxygen atoms in total. The summed E-state index contributed by atoms with van der Waals surface area (Å²) in [5, 5.41) is 14.9. The summed E-state index contributed by atoms with van der Waals surface area (Å²) in [7, 11) is 0. The van der Waals surface area contributed by atoms with Crippen LogP contribution in [0.3, 0.4) is 0 Å². The van der Waals surface area contributed by atoms with E-state index in [1.54, 1.807) is 35.8 Å². The number of para-hydroxylation sites is 1. The Balaban J connectivity index is 1.83. The highest BCUT2D eigenvalue weighted by Crippen LogP contribution is 2.26. The van der Waals surface area contributed by atoms with E-state index in [0.29, 0.717) is 28.5 Å². The van der Waals surface area contributed by atoms with Crippen LogP contribution in [0, 0.1) is 23.0 Å². The third-order valence-electron chi connectivity index (χ3n) is 4.71. The minimum atomic E-state index is -0.524. The van der Waals surface area contributed by atoms with E-state index >= 15 is 0 Å². The number of aryl methyl sites for hydroxylation is 1. The Morgan fingerprint density at radius 1 is 1.26 bits per heavy atom. The Morgan fingerprint density at radius 3 is 2.71 bits per heavy atom. The molecule has 0 atom stereocenters. The molecule has 0 aliphatic rings. The van der Waals surface area contributed by atoms with Crippen LogP contribution < -0.4 is 10.9 Å². The fourth-order valence-electron chi connectivity index (χ4n) is 3.06. The molecule has 31 heavy (non-hydrogen) atoms. The molecule has 0 spiro atoms. The quantitative estimate of drug-likeness (QED) is 0.241. The molecule has 1 N–H and O–H groups in total. The van der Waals surface area contributed by atoms with Crippen molar-refractivity contribution in [2.75, 3.05) is 11.1 Å². The van der Waals surface area contributed by atoms with Crippen LogP contribution in [0.1, 0.15) is 25.8 Å². The Labute approximate surface area is 183 Å². The lowest BCUT2D eigenvalue weighted by atomic mass is 10.1. The van der Waals surface area contributed by atoms with Gasteiger partial charge in [-0.3, -0.25) is 24.3 Å². The summed E-state index contributed by atoms with van der Waals surface area (Å²) in [6, 6.07) is 11.7. The summed E-state index contributed by atoms with van der Waals surface area (Å²) >= 11 is 1.14. The molecule has 0 saturated heterocycles. The predicted molar refractivity (Wildman–Crippen MR) is 123 cm³/mol. The van der Waals surface area contributed by atoms with Gasteiger partial charge in [0.25, 0.3) is 11.2 Å². The summed E-state index contributed by atoms with van der Waals surface area (Å²) in [4.78, 5) is 40.8. The van der Waals surface area contributed by atoms with Crippen molar-refractivity contribution in [2.45, 2.75) is 38.9 Å². The number of nitro benzene ring substituents is 1. The highest BCUT2D eigenvalue weighted by molar-refractivity contribution is 7.99. The van der Waals surface area contributed by atoms with E-state index < -0.39 is 10.8 Å². The lowest BCUT2D eigenvalue weighted by Gasteiger charge is -2.14. The van der Waals surface area contributed by atoms with Crippen LogP contribution in [-0.4, -0.2) is 26.1 Å². The van der Waals surface area contributed by atoms with Gasteiger partial charge in [0, 0.05) is 12.6 Å². The average molecular weight is 441 g/mol. The number of anilines is 1. The van der Waals surface area contributed by atoms with Crippen LogP contribution in [-0.2, 0) is 11.3 Å². The molecule has 0 bridgehead atoms. The molecule has 0 aliphatic carbocycles. The molecule has 162 valence electrons. The number of hydrogen-bond acceptors (Lipinski definition) is 6. The molecule has 0 fully saturated rings. The van der Waals surface area contributed by atoms with Crippen molar-refractivity contribution >= 4 is 39.9 Å². The Morgan fingerprint density at radius 2 is 2.00 bits per heavy atom. The summed E-state index contributed by atoms with van der Waals surface area (Å²) < 4.78 is 1.61. The SMILES string of the molecule is Cc1ccc(NC(=O)CSc2nc3ccccc3c(=O)n2CCC(C)C)c([N+](=O)[O-])c1. The first-order chi connectivity index (χ1) is 14.8. The van der Waals surface area contributed by atoms with Crippen molar-refractivity contribution in [1.82, 2.24) is 9.55 Å². The number of aromatic nitrogens is 2. The smallest absolute Gasteiger partial charge is 0.293 e. The lowest BCUT2D eigenvalue weighted by Crippen LogP contribution is -2.25. The van der Waals surface area contributed by atoms with Gasteiger partial charge in [-0.25, -0.2) is 4.98 Å². The second-order valence-corrected chi connectivity index (χ2v) is 8.61. The zero-order valence-electron chi connectivity index (χ0n) is 17.6. The highest BCUT2D eigenvalue weighted by atomic mass is 32.2. The van der Waals surface area contributed by atoms with Crippen molar-refractivity contribution in [2.24, 2.45) is 5.92 Å². The number of nitrogens with zero attached hydrogens (tertiary/aromatic N) is 3. The molecule has 0 radical (unpaired) electrons. The third kappa shape index (κ3) is 5.49. The Kier molecular flexibility index (Phi) is 7.06. The van der Waals surface area contributed by atoms with Crippen LogP contribution in [0.15, 0.2) is 52.4 Å². The lowest BCUT2D eigenvalue weighted by molar-refractivity contribution is -0.384. The largest absolute Gasteiger partial charge is 0.320 e. The Bertz CT molecular complexity index is 1190. The van der Waals surface area contributed by atoms with E-state index in [-0.39, 0.29) is 22.7 Å². The maximum atomic E-state index is 13.0. The second-order valence-electron chi connectivity index (χ2n) is 7.67. The van der Waals surface area contributed by atoms with Crippen molar-refractivity contribution in [1.29, 1.82) is 0 Å². The minimum Gasteiger partial charge on any atom is -0.320 e. The number of amides is 1. The zero-order valence-corrected chi connectivity index (χ0v) is 18.4. The van der Waals surface area contributed by atoms with Crippen molar-refractivity contribution in [3.63, 3.8) is 0 Å². The zero-order chi connectivity index (χ0) is 22.5. The van der Waals surface area contributed by atoms with E-state index in [1.165, 1.54) is 12.1 Å². The molecule has 1 aromatic heterocycles. The van der Waals surface area contributed by atoms with Gasteiger partial charge in [-0.1, -0.05) is 43.8 Å². The number of carbonyl (C=O) groups is 1. The fourth-order valence-corrected chi connectivity index (χ4v) is 3.88. The molecule has 3 aromatic rings. The maximum Gasteiger partial charge on any atom is 0.293 e. The Hall–Kier alpha value is -3.20. The van der Waals surface area contributed by atoms with Gasteiger partial charge in [0.1, 0.15) is 5.69 Å². The van der Waals surface area contributed by atoms with E-state index in [0.717, 1.165) is 23.7 Å². The van der Waals surface area contributed by atoms with Gasteiger partial charge >= 0.3 is 0 Å². The van der Waals surface area contributed by atoms with E-state index in [1.807, 2.05) is 6.07 Å². The first-order valence-electron chi connectivity index (χ1n) is 9.93. The topological polar surface area (TPSA) is 107 Å². The number of rotatable bonds is 8. The fraction of sp³-hybridized carbons (Fsp3) is 0.318. The van der Waals surface area contributed by atoms with Gasteiger partial charge in [0.2, 0.25) is 5.91 Å². The van der Waals surface area contributed by atoms with Crippen LogP contribution in [0.25, 0.3) is 10.9 Å². The average Bonchev–Trinajstić information content (AvgIpc) is 2.72. The third-order valence-corrected chi connectivity index (χ3v) is 5.69. The minimum absolute atomic E-state index is 0.0303. The molecule has 2 aromatic carbocycles. The summed E-state index contributed by atoms with van der Waals surface area (Å²) in [6.45, 7) is 6.40. The number of nitrogens with one attached hydrogen (secondary N) is 1. The number of carbonyl (C=O) groups excluding carboxylic acids is 1. The standard InChI is InChI=1S/C22H24N4O4S/c1-14(2)10-11-25-21(28)16-6-4-5-7-17(16)24-22(25)31-13-20(27)23-18-9-8-15(3)12-19(18)26(29)30/h4-9,12,14H,10-11,13H2,1-3H3,(H,23,27). The predicted octanol–water partition coefficient (Wildman–Crippen LogP) is 4.39. The number of fused-ring (bicyclic) bond motifs is 1. The van der Waals surface area contributed by atoms with Gasteiger partial charge in [-0.05, 0) is 43.0 Å². The normalized spacial score (nSPS) is 11.1. The molecule has 0 saturated carbocycles. The van der Waals surface area contributed by atoms with Gasteiger partial charge in [-0.15, -0.1) is 0 Å². The molecular weight excluding hydrogens is 416 g/mol. The van der Waals surface area contributed by atoms with Crippen molar-refractivity contribution < 1.29 is 9.72 Å². The molecule has 0 unspecified atom stereocenters. The van der Waals surface area contributed by atoms with E-state index in [9.17, 15) is 19.7 Å². The number of benzene rings is 2. The molecular formula is C22H24N4O4S. The van der Waals surface area contributed by atoms with Crippen LogP contribution in [0.5, 0.6) is 0 Å².